The van der Waals surface area contributed by atoms with Gasteiger partial charge in [-0.3, -0.25) is 9.71 Å². The third kappa shape index (κ3) is 3.89. The van der Waals surface area contributed by atoms with Gasteiger partial charge in [-0.05, 0) is 36.2 Å². The van der Waals surface area contributed by atoms with Gasteiger partial charge in [-0.2, -0.15) is 0 Å². The Morgan fingerprint density at radius 3 is 2.43 bits per heavy atom. The van der Waals surface area contributed by atoms with Gasteiger partial charge in [0.25, 0.3) is 10.0 Å². The normalized spacial score (nSPS) is 13.2. The number of nitrogens with one attached hydrogen (secondary N) is 1. The van der Waals surface area contributed by atoms with Crippen molar-refractivity contribution in [2.45, 2.75) is 11.3 Å². The Bertz CT molecular complexity index is 1200. The van der Waals surface area contributed by atoms with Crippen LogP contribution in [0, 0.1) is 0 Å². The summed E-state index contributed by atoms with van der Waals surface area (Å²) < 4.78 is 38.8. The molecule has 0 unspecified atom stereocenters. The van der Waals surface area contributed by atoms with Crippen LogP contribution in [0.25, 0.3) is 0 Å². The number of nitrogens with zero attached hydrogens (tertiary/aromatic N) is 1. The van der Waals surface area contributed by atoms with Crippen molar-refractivity contribution in [1.82, 2.24) is 0 Å². The summed E-state index contributed by atoms with van der Waals surface area (Å²) in [5, 5.41) is 0. The van der Waals surface area contributed by atoms with Gasteiger partial charge in [-0.15, -0.1) is 0 Å². The smallest absolute Gasteiger partial charge is 0.265 e. The predicted molar refractivity (Wildman–Crippen MR) is 117 cm³/mol. The Morgan fingerprint density at radius 1 is 0.933 bits per heavy atom. The van der Waals surface area contributed by atoms with Crippen LogP contribution in [0.1, 0.15) is 16.7 Å². The van der Waals surface area contributed by atoms with Crippen molar-refractivity contribution in [3.63, 3.8) is 0 Å². The topological polar surface area (TPSA) is 77.0 Å². The molecule has 0 atom stereocenters. The van der Waals surface area contributed by atoms with E-state index in [0.717, 1.165) is 29.8 Å². The van der Waals surface area contributed by atoms with E-state index in [-0.39, 0.29) is 10.6 Å². The highest BCUT2D eigenvalue weighted by molar-refractivity contribution is 7.92. The van der Waals surface area contributed by atoms with E-state index in [9.17, 15) is 8.42 Å². The third-order valence-corrected chi connectivity index (χ3v) is 6.40. The van der Waals surface area contributed by atoms with Crippen molar-refractivity contribution in [2.24, 2.45) is 4.99 Å². The first-order chi connectivity index (χ1) is 14.5. The average Bonchev–Trinajstić information content (AvgIpc) is 2.78. The van der Waals surface area contributed by atoms with Gasteiger partial charge >= 0.3 is 0 Å². The fourth-order valence-electron chi connectivity index (χ4n) is 3.49. The molecule has 3 aromatic carbocycles. The fraction of sp³-hybridized carbons (Fsp3) is 0.174. The van der Waals surface area contributed by atoms with Gasteiger partial charge in [0, 0.05) is 29.4 Å². The second-order valence-corrected chi connectivity index (χ2v) is 8.49. The number of benzene rings is 3. The minimum atomic E-state index is -3.86. The maximum atomic E-state index is 12.9. The van der Waals surface area contributed by atoms with Crippen molar-refractivity contribution < 1.29 is 17.9 Å². The van der Waals surface area contributed by atoms with E-state index >= 15 is 0 Å². The molecule has 0 spiro atoms. The van der Waals surface area contributed by atoms with Crippen molar-refractivity contribution in [1.29, 1.82) is 0 Å². The highest BCUT2D eigenvalue weighted by atomic mass is 32.2. The zero-order valence-corrected chi connectivity index (χ0v) is 17.6. The summed E-state index contributed by atoms with van der Waals surface area (Å²) >= 11 is 0. The molecule has 0 fully saturated rings. The number of aliphatic imine (C=N–C) groups is 1. The predicted octanol–water partition coefficient (Wildman–Crippen LogP) is 3.90. The number of fused-ring (bicyclic) bond motifs is 1. The number of methoxy groups -OCH3 is 2. The van der Waals surface area contributed by atoms with Crippen LogP contribution >= 0.6 is 0 Å². The van der Waals surface area contributed by atoms with Gasteiger partial charge < -0.3 is 9.47 Å². The second-order valence-electron chi connectivity index (χ2n) is 6.84. The fourth-order valence-corrected chi connectivity index (χ4v) is 4.73. The average molecular weight is 423 g/mol. The third-order valence-electron chi connectivity index (χ3n) is 4.99. The summed E-state index contributed by atoms with van der Waals surface area (Å²) in [5.74, 6) is 0.675. The van der Waals surface area contributed by atoms with Crippen LogP contribution in [0.3, 0.4) is 0 Å². The lowest BCUT2D eigenvalue weighted by Gasteiger charge is -2.17. The molecule has 3 aromatic rings. The second kappa shape index (κ2) is 8.20. The van der Waals surface area contributed by atoms with E-state index in [2.05, 4.69) is 21.8 Å². The summed E-state index contributed by atoms with van der Waals surface area (Å²) in [6.07, 6.45) is 0.930. The molecule has 0 saturated carbocycles. The van der Waals surface area contributed by atoms with Gasteiger partial charge in [-0.25, -0.2) is 8.42 Å². The Labute approximate surface area is 176 Å². The molecule has 154 valence electrons. The van der Waals surface area contributed by atoms with Gasteiger partial charge in [0.2, 0.25) is 0 Å². The van der Waals surface area contributed by atoms with E-state index in [1.54, 1.807) is 24.3 Å². The standard InChI is InChI=1S/C23H22N2O4S/c1-28-19-11-12-21(29-2)22(15-19)30(26,27)25-18-9-7-17(8-10-18)23-20-6-4-3-5-16(20)13-14-24-23/h3-12,15,25H,13-14H2,1-2H3. The van der Waals surface area contributed by atoms with Gasteiger partial charge in [0.15, 0.2) is 0 Å². The van der Waals surface area contributed by atoms with E-state index in [1.807, 2.05) is 24.3 Å². The molecular weight excluding hydrogens is 400 g/mol. The maximum absolute atomic E-state index is 12.9. The SMILES string of the molecule is COc1ccc(OC)c(S(=O)(=O)Nc2ccc(C3=NCCc4ccccc43)cc2)c1. The lowest BCUT2D eigenvalue weighted by atomic mass is 9.93. The number of anilines is 1. The minimum absolute atomic E-state index is 0.0130. The van der Waals surface area contributed by atoms with Gasteiger partial charge in [0.05, 0.1) is 19.9 Å². The maximum Gasteiger partial charge on any atom is 0.265 e. The van der Waals surface area contributed by atoms with Gasteiger partial charge in [0.1, 0.15) is 16.4 Å². The zero-order chi connectivity index (χ0) is 21.1. The molecule has 0 aromatic heterocycles. The molecule has 1 N–H and O–H groups in total. The molecule has 1 heterocycles. The van der Waals surface area contributed by atoms with Crippen molar-refractivity contribution >= 4 is 21.4 Å². The molecule has 0 saturated heterocycles. The molecule has 0 amide bonds. The molecule has 1 aliphatic heterocycles. The van der Waals surface area contributed by atoms with Crippen LogP contribution in [0.4, 0.5) is 5.69 Å². The number of hydrogen-bond donors (Lipinski definition) is 1. The number of hydrogen-bond acceptors (Lipinski definition) is 5. The zero-order valence-electron chi connectivity index (χ0n) is 16.8. The lowest BCUT2D eigenvalue weighted by Crippen LogP contribution is -2.15. The molecule has 0 bridgehead atoms. The molecular formula is C23H22N2O4S. The number of ether oxygens (including phenoxy) is 2. The largest absolute Gasteiger partial charge is 0.497 e. The van der Waals surface area contributed by atoms with Crippen LogP contribution in [-0.2, 0) is 16.4 Å². The van der Waals surface area contributed by atoms with Crippen molar-refractivity contribution in [3.8, 4) is 11.5 Å². The monoisotopic (exact) mass is 422 g/mol. The summed E-state index contributed by atoms with van der Waals surface area (Å²) in [7, 11) is -0.949. The Hall–Kier alpha value is -3.32. The molecule has 4 rings (SSSR count). The van der Waals surface area contributed by atoms with E-state index in [0.29, 0.717) is 11.4 Å². The summed E-state index contributed by atoms with van der Waals surface area (Å²) in [4.78, 5) is 4.70. The first kappa shape index (κ1) is 20.0. The first-order valence-electron chi connectivity index (χ1n) is 9.50. The molecule has 0 radical (unpaired) electrons. The van der Waals surface area contributed by atoms with Gasteiger partial charge in [-0.1, -0.05) is 36.4 Å². The lowest BCUT2D eigenvalue weighted by molar-refractivity contribution is 0.392. The first-order valence-corrected chi connectivity index (χ1v) is 11.0. The summed E-state index contributed by atoms with van der Waals surface area (Å²) in [6, 6.07) is 20.1. The number of rotatable bonds is 6. The van der Waals surface area contributed by atoms with E-state index < -0.39 is 10.0 Å². The highest BCUT2D eigenvalue weighted by Gasteiger charge is 2.21. The van der Waals surface area contributed by atoms with Crippen LogP contribution in [0.15, 0.2) is 76.6 Å². The highest BCUT2D eigenvalue weighted by Crippen LogP contribution is 2.30. The molecule has 7 heteroatoms. The van der Waals surface area contributed by atoms with E-state index in [4.69, 9.17) is 9.47 Å². The summed E-state index contributed by atoms with van der Waals surface area (Å²) in [6.45, 7) is 0.746. The number of sulfonamides is 1. The molecule has 30 heavy (non-hydrogen) atoms. The van der Waals surface area contributed by atoms with Crippen LogP contribution < -0.4 is 14.2 Å². The van der Waals surface area contributed by atoms with Crippen molar-refractivity contribution in [2.75, 3.05) is 25.5 Å². The van der Waals surface area contributed by atoms with Crippen LogP contribution in [0.5, 0.6) is 11.5 Å². The molecule has 6 nitrogen and oxygen atoms in total. The molecule has 0 aliphatic carbocycles. The quantitative estimate of drug-likeness (QED) is 0.654. The van der Waals surface area contributed by atoms with Crippen LogP contribution in [-0.4, -0.2) is 34.9 Å². The van der Waals surface area contributed by atoms with Crippen molar-refractivity contribution in [3.05, 3.63) is 83.4 Å². The van der Waals surface area contributed by atoms with E-state index in [1.165, 1.54) is 25.8 Å². The Balaban J connectivity index is 1.61. The Kier molecular flexibility index (Phi) is 5.46. The molecule has 1 aliphatic rings. The Morgan fingerprint density at radius 2 is 1.70 bits per heavy atom. The summed E-state index contributed by atoms with van der Waals surface area (Å²) in [5.41, 5.74) is 4.73. The minimum Gasteiger partial charge on any atom is -0.497 e. The van der Waals surface area contributed by atoms with Crippen LogP contribution in [0.2, 0.25) is 0 Å².